The van der Waals surface area contributed by atoms with E-state index in [-0.39, 0.29) is 11.8 Å². The number of carbonyl (C=O) groups excluding carboxylic acids is 1. The van der Waals surface area contributed by atoms with Crippen molar-refractivity contribution >= 4 is 11.9 Å². The van der Waals surface area contributed by atoms with Crippen LogP contribution in [0.25, 0.3) is 0 Å². The fraction of sp³-hybridized carbons (Fsp3) is 0.688. The van der Waals surface area contributed by atoms with Gasteiger partial charge in [-0.3, -0.25) is 4.79 Å². The van der Waals surface area contributed by atoms with Crippen LogP contribution in [0.1, 0.15) is 49.2 Å². The maximum Gasteiger partial charge on any atom is 0.265 e. The molecule has 0 aliphatic carbocycles. The average molecular weight is 348 g/mol. The first-order valence-electron chi connectivity index (χ1n) is 8.61. The Labute approximate surface area is 146 Å². The number of likely N-dealkylation sites (tertiary alicyclic amines) is 1. The molecule has 1 aliphatic rings. The predicted molar refractivity (Wildman–Crippen MR) is 89.2 cm³/mol. The molecule has 1 saturated heterocycles. The first-order chi connectivity index (χ1) is 12.0. The smallest absolute Gasteiger partial charge is 0.265 e. The molecule has 1 atom stereocenters. The van der Waals surface area contributed by atoms with Crippen molar-refractivity contribution in [3.63, 3.8) is 0 Å². The summed E-state index contributed by atoms with van der Waals surface area (Å²) in [4.78, 5) is 24.7. The maximum absolute atomic E-state index is 12.5. The largest absolute Gasteiger partial charge is 0.344 e. The number of piperidine rings is 1. The number of nitrogens with zero attached hydrogens (tertiary/aromatic N) is 6. The van der Waals surface area contributed by atoms with Crippen molar-refractivity contribution < 1.29 is 13.8 Å². The second kappa shape index (κ2) is 7.62. The summed E-state index contributed by atoms with van der Waals surface area (Å²) in [5, 5.41) is 7.71. The van der Waals surface area contributed by atoms with Crippen molar-refractivity contribution in [2.45, 2.75) is 44.9 Å². The lowest BCUT2D eigenvalue weighted by Crippen LogP contribution is -2.39. The molecule has 0 radical (unpaired) electrons. The minimum absolute atomic E-state index is 0.109. The Morgan fingerprint density at radius 3 is 2.80 bits per heavy atom. The van der Waals surface area contributed by atoms with Crippen LogP contribution in [-0.2, 0) is 11.2 Å². The molecule has 0 N–H and O–H groups in total. The summed E-state index contributed by atoms with van der Waals surface area (Å²) in [7, 11) is 3.74. The molecule has 2 aromatic heterocycles. The summed E-state index contributed by atoms with van der Waals surface area (Å²) in [5.74, 6) is 2.64. The number of hydrogen-bond acceptors (Lipinski definition) is 8. The lowest BCUT2D eigenvalue weighted by atomic mass is 9.97. The topological polar surface area (TPSA) is 101 Å². The van der Waals surface area contributed by atoms with Gasteiger partial charge in [0, 0.05) is 40.0 Å². The van der Waals surface area contributed by atoms with Crippen molar-refractivity contribution in [3.8, 4) is 0 Å². The molecule has 1 amide bonds. The SMILES string of the molecule is Cc1noc(CCCC(=O)N2CCCC(c3nc(N(C)C)no3)C2)n1. The first-order valence-corrected chi connectivity index (χ1v) is 8.61. The monoisotopic (exact) mass is 348 g/mol. The van der Waals surface area contributed by atoms with Gasteiger partial charge in [0.05, 0.1) is 5.92 Å². The van der Waals surface area contributed by atoms with E-state index in [0.29, 0.717) is 49.4 Å². The van der Waals surface area contributed by atoms with E-state index in [0.717, 1.165) is 19.4 Å². The Hall–Kier alpha value is -2.45. The number of aromatic nitrogens is 4. The zero-order valence-electron chi connectivity index (χ0n) is 14.9. The molecule has 0 spiro atoms. The summed E-state index contributed by atoms with van der Waals surface area (Å²) in [6, 6.07) is 0. The van der Waals surface area contributed by atoms with Crippen molar-refractivity contribution in [3.05, 3.63) is 17.6 Å². The molecule has 25 heavy (non-hydrogen) atoms. The predicted octanol–water partition coefficient (Wildman–Crippen LogP) is 1.56. The molecule has 1 unspecified atom stereocenters. The molecular weight excluding hydrogens is 324 g/mol. The molecule has 1 fully saturated rings. The van der Waals surface area contributed by atoms with E-state index < -0.39 is 0 Å². The van der Waals surface area contributed by atoms with Crippen molar-refractivity contribution in [2.24, 2.45) is 0 Å². The molecule has 2 aromatic rings. The number of amides is 1. The van der Waals surface area contributed by atoms with Gasteiger partial charge in [-0.25, -0.2) is 0 Å². The number of aryl methyl sites for hydroxylation is 2. The highest BCUT2D eigenvalue weighted by atomic mass is 16.5. The molecule has 3 heterocycles. The van der Waals surface area contributed by atoms with Crippen LogP contribution >= 0.6 is 0 Å². The van der Waals surface area contributed by atoms with Gasteiger partial charge in [0.15, 0.2) is 5.82 Å². The van der Waals surface area contributed by atoms with Crippen molar-refractivity contribution in [2.75, 3.05) is 32.1 Å². The van der Waals surface area contributed by atoms with Gasteiger partial charge in [0.1, 0.15) is 0 Å². The highest BCUT2D eigenvalue weighted by Crippen LogP contribution is 2.27. The molecular formula is C16H24N6O3. The first kappa shape index (κ1) is 17.4. The molecule has 0 saturated carbocycles. The quantitative estimate of drug-likeness (QED) is 0.775. The number of anilines is 1. The number of hydrogen-bond donors (Lipinski definition) is 0. The normalized spacial score (nSPS) is 17.7. The van der Waals surface area contributed by atoms with Gasteiger partial charge < -0.3 is 18.8 Å². The lowest BCUT2D eigenvalue weighted by molar-refractivity contribution is -0.132. The third-order valence-electron chi connectivity index (χ3n) is 4.31. The van der Waals surface area contributed by atoms with E-state index >= 15 is 0 Å². The molecule has 136 valence electrons. The van der Waals surface area contributed by atoms with Gasteiger partial charge in [0.25, 0.3) is 5.95 Å². The minimum Gasteiger partial charge on any atom is -0.344 e. The van der Waals surface area contributed by atoms with Crippen LogP contribution < -0.4 is 4.90 Å². The van der Waals surface area contributed by atoms with Crippen LogP contribution in [0.5, 0.6) is 0 Å². The Kier molecular flexibility index (Phi) is 5.30. The molecule has 0 bridgehead atoms. The second-order valence-electron chi connectivity index (χ2n) is 6.59. The Balaban J connectivity index is 1.50. The maximum atomic E-state index is 12.5. The highest BCUT2D eigenvalue weighted by Gasteiger charge is 2.28. The fourth-order valence-electron chi connectivity index (χ4n) is 2.97. The number of rotatable bonds is 6. The molecule has 1 aliphatic heterocycles. The highest BCUT2D eigenvalue weighted by molar-refractivity contribution is 5.76. The van der Waals surface area contributed by atoms with Gasteiger partial charge in [-0.1, -0.05) is 5.16 Å². The Bertz CT molecular complexity index is 710. The number of carbonyl (C=O) groups is 1. The second-order valence-corrected chi connectivity index (χ2v) is 6.59. The standard InChI is InChI=1S/C16H24N6O3/c1-11-17-13(24-19-11)7-4-8-14(23)22-9-5-6-12(10-22)15-18-16(20-25-15)21(2)3/h12H,4-10H2,1-3H3. The Morgan fingerprint density at radius 2 is 2.12 bits per heavy atom. The Morgan fingerprint density at radius 1 is 1.28 bits per heavy atom. The lowest BCUT2D eigenvalue weighted by Gasteiger charge is -2.31. The molecule has 9 nitrogen and oxygen atoms in total. The summed E-state index contributed by atoms with van der Waals surface area (Å²) < 4.78 is 10.4. The summed E-state index contributed by atoms with van der Waals surface area (Å²) >= 11 is 0. The van der Waals surface area contributed by atoms with Gasteiger partial charge in [-0.05, 0) is 31.3 Å². The van der Waals surface area contributed by atoms with E-state index in [9.17, 15) is 4.79 Å². The van der Waals surface area contributed by atoms with Crippen molar-refractivity contribution in [1.82, 2.24) is 25.2 Å². The van der Waals surface area contributed by atoms with E-state index in [1.807, 2.05) is 19.0 Å². The molecule has 3 rings (SSSR count). The third kappa shape index (κ3) is 4.34. The van der Waals surface area contributed by atoms with Gasteiger partial charge in [0.2, 0.25) is 17.7 Å². The van der Waals surface area contributed by atoms with Crippen LogP contribution in [-0.4, -0.2) is 58.3 Å². The van der Waals surface area contributed by atoms with Crippen LogP contribution in [0.2, 0.25) is 0 Å². The van der Waals surface area contributed by atoms with E-state index in [4.69, 9.17) is 9.05 Å². The van der Waals surface area contributed by atoms with Crippen LogP contribution in [0.3, 0.4) is 0 Å². The summed E-state index contributed by atoms with van der Waals surface area (Å²) in [6.45, 7) is 3.20. The van der Waals surface area contributed by atoms with Gasteiger partial charge >= 0.3 is 0 Å². The van der Waals surface area contributed by atoms with E-state index in [1.165, 1.54) is 0 Å². The van der Waals surface area contributed by atoms with Gasteiger partial charge in [-0.15, -0.1) is 0 Å². The minimum atomic E-state index is 0.109. The van der Waals surface area contributed by atoms with Crippen molar-refractivity contribution in [1.29, 1.82) is 0 Å². The van der Waals surface area contributed by atoms with Crippen LogP contribution in [0.4, 0.5) is 5.95 Å². The summed E-state index contributed by atoms with van der Waals surface area (Å²) in [6.07, 6.45) is 3.70. The fourth-order valence-corrected chi connectivity index (χ4v) is 2.97. The van der Waals surface area contributed by atoms with Gasteiger partial charge in [-0.2, -0.15) is 9.97 Å². The molecule has 9 heteroatoms. The van der Waals surface area contributed by atoms with E-state index in [2.05, 4.69) is 20.3 Å². The zero-order valence-corrected chi connectivity index (χ0v) is 14.9. The average Bonchev–Trinajstić information content (AvgIpc) is 3.24. The van der Waals surface area contributed by atoms with E-state index in [1.54, 1.807) is 11.8 Å². The summed E-state index contributed by atoms with van der Waals surface area (Å²) in [5.41, 5.74) is 0. The zero-order chi connectivity index (χ0) is 17.8. The van der Waals surface area contributed by atoms with Crippen LogP contribution in [0, 0.1) is 6.92 Å². The molecule has 0 aromatic carbocycles. The van der Waals surface area contributed by atoms with Crippen LogP contribution in [0.15, 0.2) is 9.05 Å². The third-order valence-corrected chi connectivity index (χ3v) is 4.31.